The predicted molar refractivity (Wildman–Crippen MR) is 66.8 cm³/mol. The molecule has 0 radical (unpaired) electrons. The predicted octanol–water partition coefficient (Wildman–Crippen LogP) is 1.06. The number of aliphatic carboxylic acids is 1. The second-order valence-corrected chi connectivity index (χ2v) is 4.07. The van der Waals surface area contributed by atoms with Crippen LogP contribution in [0.4, 0.5) is 0 Å². The summed E-state index contributed by atoms with van der Waals surface area (Å²) in [5.41, 5.74) is 3.09. The van der Waals surface area contributed by atoms with E-state index in [0.29, 0.717) is 13.0 Å². The summed E-state index contributed by atoms with van der Waals surface area (Å²) in [4.78, 5) is 21.1. The maximum absolute atomic E-state index is 10.8. The van der Waals surface area contributed by atoms with E-state index in [1.807, 2.05) is 26.0 Å². The summed E-state index contributed by atoms with van der Waals surface area (Å²) in [7, 11) is 1.63. The van der Waals surface area contributed by atoms with Crippen molar-refractivity contribution < 1.29 is 19.4 Å². The van der Waals surface area contributed by atoms with E-state index in [4.69, 9.17) is 9.84 Å². The Labute approximate surface area is 106 Å². The first-order chi connectivity index (χ1) is 8.45. The highest BCUT2D eigenvalue weighted by atomic mass is 16.5. The number of carboxylic acids is 1. The number of carbonyl (C=O) groups excluding carboxylic acids is 1. The van der Waals surface area contributed by atoms with Gasteiger partial charge in [0.25, 0.3) is 0 Å². The monoisotopic (exact) mass is 251 g/mol. The van der Waals surface area contributed by atoms with Gasteiger partial charge in [-0.05, 0) is 37.0 Å². The second kappa shape index (κ2) is 6.05. The molecule has 0 aliphatic rings. The van der Waals surface area contributed by atoms with Gasteiger partial charge < -0.3 is 15.2 Å². The highest BCUT2D eigenvalue weighted by Crippen LogP contribution is 2.24. The van der Waals surface area contributed by atoms with Gasteiger partial charge >= 0.3 is 11.9 Å². The van der Waals surface area contributed by atoms with Crippen molar-refractivity contribution in [1.29, 1.82) is 0 Å². The standard InChI is InChI=1S/C13H17NO4/c1-8-6-10(7-9(2)11(8)18-3)4-5-14-12(15)13(16)17/h6-7H,4-5H2,1-3H3,(H,14,15)(H,16,17). The van der Waals surface area contributed by atoms with Crippen molar-refractivity contribution in [2.24, 2.45) is 0 Å². The van der Waals surface area contributed by atoms with Crippen LogP contribution in [0.1, 0.15) is 16.7 Å². The zero-order valence-corrected chi connectivity index (χ0v) is 10.7. The normalized spacial score (nSPS) is 9.94. The summed E-state index contributed by atoms with van der Waals surface area (Å²) in [6, 6.07) is 3.94. The molecule has 0 spiro atoms. The van der Waals surface area contributed by atoms with Gasteiger partial charge in [-0.1, -0.05) is 12.1 Å². The molecule has 0 saturated heterocycles. The average molecular weight is 251 g/mol. The van der Waals surface area contributed by atoms with Crippen molar-refractivity contribution in [3.63, 3.8) is 0 Å². The van der Waals surface area contributed by atoms with Gasteiger partial charge in [-0.3, -0.25) is 4.79 Å². The Kier molecular flexibility index (Phi) is 4.71. The Hall–Kier alpha value is -2.04. The van der Waals surface area contributed by atoms with E-state index in [1.165, 1.54) is 0 Å². The lowest BCUT2D eigenvalue weighted by Crippen LogP contribution is -2.32. The van der Waals surface area contributed by atoms with Crippen molar-refractivity contribution in [3.8, 4) is 5.75 Å². The molecule has 0 bridgehead atoms. The molecule has 2 N–H and O–H groups in total. The summed E-state index contributed by atoms with van der Waals surface area (Å²) in [5.74, 6) is -1.58. The number of ether oxygens (including phenoxy) is 1. The van der Waals surface area contributed by atoms with Crippen LogP contribution in [0.5, 0.6) is 5.75 Å². The average Bonchev–Trinajstić information content (AvgIpc) is 2.28. The number of carboxylic acid groups (broad SMARTS) is 1. The molecule has 1 aromatic carbocycles. The van der Waals surface area contributed by atoms with E-state index in [2.05, 4.69) is 5.32 Å². The van der Waals surface area contributed by atoms with Crippen molar-refractivity contribution >= 4 is 11.9 Å². The summed E-state index contributed by atoms with van der Waals surface area (Å²) in [5, 5.41) is 10.7. The van der Waals surface area contributed by atoms with Gasteiger partial charge in [-0.15, -0.1) is 0 Å². The van der Waals surface area contributed by atoms with E-state index in [9.17, 15) is 9.59 Å². The summed E-state index contributed by atoms with van der Waals surface area (Å²) in [6.07, 6.45) is 0.588. The first-order valence-electron chi connectivity index (χ1n) is 5.61. The fourth-order valence-corrected chi connectivity index (χ4v) is 1.90. The Morgan fingerprint density at radius 1 is 1.28 bits per heavy atom. The smallest absolute Gasteiger partial charge is 0.394 e. The number of methoxy groups -OCH3 is 1. The van der Waals surface area contributed by atoms with Gasteiger partial charge in [0.1, 0.15) is 5.75 Å². The third kappa shape index (κ3) is 3.48. The molecular formula is C13H17NO4. The molecule has 0 aliphatic carbocycles. The first-order valence-corrected chi connectivity index (χ1v) is 5.61. The largest absolute Gasteiger partial charge is 0.496 e. The summed E-state index contributed by atoms with van der Waals surface area (Å²) < 4.78 is 5.26. The van der Waals surface area contributed by atoms with Crippen LogP contribution in [0, 0.1) is 13.8 Å². The van der Waals surface area contributed by atoms with E-state index in [1.54, 1.807) is 7.11 Å². The molecule has 98 valence electrons. The molecule has 1 aromatic rings. The SMILES string of the molecule is COc1c(C)cc(CCNC(=O)C(=O)O)cc1C. The molecule has 5 heteroatoms. The van der Waals surface area contributed by atoms with Crippen LogP contribution in [0.2, 0.25) is 0 Å². The van der Waals surface area contributed by atoms with Gasteiger partial charge in [0.05, 0.1) is 7.11 Å². The lowest BCUT2D eigenvalue weighted by atomic mass is 10.0. The first kappa shape index (κ1) is 14.0. The Morgan fingerprint density at radius 3 is 2.28 bits per heavy atom. The molecule has 1 amide bonds. The van der Waals surface area contributed by atoms with Crippen LogP contribution in [0.3, 0.4) is 0 Å². The number of nitrogens with one attached hydrogen (secondary N) is 1. The minimum absolute atomic E-state index is 0.302. The molecule has 0 aliphatic heterocycles. The van der Waals surface area contributed by atoms with Gasteiger partial charge in [0, 0.05) is 6.54 Å². The number of hydrogen-bond donors (Lipinski definition) is 2. The third-order valence-corrected chi connectivity index (χ3v) is 2.62. The van der Waals surface area contributed by atoms with Gasteiger partial charge in [-0.25, -0.2) is 4.79 Å². The molecule has 5 nitrogen and oxygen atoms in total. The zero-order valence-electron chi connectivity index (χ0n) is 10.7. The van der Waals surface area contributed by atoms with Crippen LogP contribution >= 0.6 is 0 Å². The highest BCUT2D eigenvalue weighted by molar-refractivity contribution is 6.31. The van der Waals surface area contributed by atoms with Crippen LogP contribution in [-0.4, -0.2) is 30.6 Å². The molecule has 0 heterocycles. The maximum Gasteiger partial charge on any atom is 0.394 e. The van der Waals surface area contributed by atoms with Crippen LogP contribution in [0.15, 0.2) is 12.1 Å². The lowest BCUT2D eigenvalue weighted by molar-refractivity contribution is -0.150. The number of rotatable bonds is 4. The van der Waals surface area contributed by atoms with Crippen molar-refractivity contribution in [2.45, 2.75) is 20.3 Å². The van der Waals surface area contributed by atoms with Crippen molar-refractivity contribution in [2.75, 3.05) is 13.7 Å². The lowest BCUT2D eigenvalue weighted by Gasteiger charge is -2.11. The second-order valence-electron chi connectivity index (χ2n) is 4.07. The molecule has 0 aromatic heterocycles. The molecule has 1 rings (SSSR count). The maximum atomic E-state index is 10.8. The Morgan fingerprint density at radius 2 is 1.83 bits per heavy atom. The molecule has 0 fully saturated rings. The Bertz CT molecular complexity index is 445. The topological polar surface area (TPSA) is 75.6 Å². The van der Waals surface area contributed by atoms with Gasteiger partial charge in [-0.2, -0.15) is 0 Å². The molecule has 0 saturated carbocycles. The third-order valence-electron chi connectivity index (χ3n) is 2.62. The van der Waals surface area contributed by atoms with Gasteiger partial charge in [0.2, 0.25) is 0 Å². The molecule has 0 atom stereocenters. The summed E-state index contributed by atoms with van der Waals surface area (Å²) >= 11 is 0. The quantitative estimate of drug-likeness (QED) is 0.784. The zero-order chi connectivity index (χ0) is 13.7. The van der Waals surface area contributed by atoms with Crippen molar-refractivity contribution in [1.82, 2.24) is 5.32 Å². The van der Waals surface area contributed by atoms with Gasteiger partial charge in [0.15, 0.2) is 0 Å². The minimum atomic E-state index is -1.46. The Balaban J connectivity index is 2.64. The van der Waals surface area contributed by atoms with E-state index in [0.717, 1.165) is 22.4 Å². The number of carbonyl (C=O) groups is 2. The number of amides is 1. The number of hydrogen-bond acceptors (Lipinski definition) is 3. The fourth-order valence-electron chi connectivity index (χ4n) is 1.90. The van der Waals surface area contributed by atoms with E-state index < -0.39 is 11.9 Å². The van der Waals surface area contributed by atoms with E-state index in [-0.39, 0.29) is 0 Å². The highest BCUT2D eigenvalue weighted by Gasteiger charge is 2.10. The van der Waals surface area contributed by atoms with Crippen LogP contribution < -0.4 is 10.1 Å². The van der Waals surface area contributed by atoms with E-state index >= 15 is 0 Å². The minimum Gasteiger partial charge on any atom is -0.496 e. The van der Waals surface area contributed by atoms with Crippen LogP contribution in [0.25, 0.3) is 0 Å². The van der Waals surface area contributed by atoms with Crippen molar-refractivity contribution in [3.05, 3.63) is 28.8 Å². The number of aryl methyl sites for hydroxylation is 2. The molecular weight excluding hydrogens is 234 g/mol. The molecule has 0 unspecified atom stereocenters. The number of benzene rings is 1. The molecule has 18 heavy (non-hydrogen) atoms. The summed E-state index contributed by atoms with van der Waals surface area (Å²) in [6.45, 7) is 4.20. The fraction of sp³-hybridized carbons (Fsp3) is 0.385. The van der Waals surface area contributed by atoms with Crippen LogP contribution in [-0.2, 0) is 16.0 Å².